The molecule has 11 aromatic carbocycles. The molecule has 306 valence electrons. The molecule has 0 saturated carbocycles. The lowest BCUT2D eigenvalue weighted by atomic mass is 9.96. The largest absolute Gasteiger partial charge is 0.308 e. The summed E-state index contributed by atoms with van der Waals surface area (Å²) in [6.45, 7) is 0. The Morgan fingerprint density at radius 3 is 1.70 bits per heavy atom. The molecule has 14 aromatic rings. The zero-order valence-electron chi connectivity index (χ0n) is 35.5. The van der Waals surface area contributed by atoms with E-state index in [-0.39, 0.29) is 0 Å². The first kappa shape index (κ1) is 36.9. The van der Waals surface area contributed by atoms with Crippen LogP contribution in [-0.4, -0.2) is 19.5 Å². The predicted octanol–water partition coefficient (Wildman–Crippen LogP) is 16.6. The quantitative estimate of drug-likeness (QED) is 0.162. The molecule has 3 heterocycles. The molecule has 0 unspecified atom stereocenters. The van der Waals surface area contributed by atoms with E-state index in [1.54, 1.807) is 0 Å². The van der Waals surface area contributed by atoms with E-state index in [0.717, 1.165) is 60.7 Å². The van der Waals surface area contributed by atoms with E-state index in [1.165, 1.54) is 57.9 Å². The van der Waals surface area contributed by atoms with E-state index in [1.807, 2.05) is 11.3 Å². The topological polar surface area (TPSA) is 43.6 Å². The lowest BCUT2D eigenvalue weighted by molar-refractivity contribution is 1.07. The van der Waals surface area contributed by atoms with Crippen LogP contribution in [0.4, 0.5) is 0 Å². The summed E-state index contributed by atoms with van der Waals surface area (Å²) in [7, 11) is 0. The fourth-order valence-electron chi connectivity index (χ4n) is 10.2. The van der Waals surface area contributed by atoms with E-state index in [2.05, 4.69) is 223 Å². The third-order valence-corrected chi connectivity index (χ3v) is 14.6. The van der Waals surface area contributed by atoms with E-state index in [0.29, 0.717) is 17.5 Å². The number of nitrogens with zero attached hydrogens (tertiary/aromatic N) is 4. The Bertz CT molecular complexity index is 4280. The molecule has 0 aliphatic carbocycles. The highest BCUT2D eigenvalue weighted by Crippen LogP contribution is 2.45. The fourth-order valence-corrected chi connectivity index (χ4v) is 11.5. The van der Waals surface area contributed by atoms with Crippen LogP contribution in [-0.2, 0) is 0 Å². The van der Waals surface area contributed by atoms with Crippen molar-refractivity contribution in [2.45, 2.75) is 0 Å². The Morgan fingerprint density at radius 2 is 0.894 bits per heavy atom. The van der Waals surface area contributed by atoms with Gasteiger partial charge in [0.05, 0.1) is 16.7 Å². The van der Waals surface area contributed by atoms with Gasteiger partial charge in [-0.05, 0) is 90.6 Å². The molecule has 0 amide bonds. The van der Waals surface area contributed by atoms with Crippen LogP contribution in [0.25, 0.3) is 136 Å². The number of rotatable bonds is 5. The Hall–Kier alpha value is -8.51. The standard InChI is InChI=1S/C61H36N4S/c1-2-14-37(15-3-1)38-26-28-40(29-27-38)59-62-60(52-33-43-19-7-8-20-44(43)46-22-10-11-23-47(46)52)64-61(63-59)53-35-51-49-31-30-39-16-6-9-21-45(39)58(49)66-57(51)36-56(53)65-54-25-13-12-24-48(54)50-32-41-17-4-5-18-42(41)34-55(50)65/h1-36H. The summed E-state index contributed by atoms with van der Waals surface area (Å²) < 4.78 is 4.92. The van der Waals surface area contributed by atoms with Crippen molar-refractivity contribution < 1.29 is 0 Å². The Labute approximate surface area is 383 Å². The maximum Gasteiger partial charge on any atom is 0.166 e. The lowest BCUT2D eigenvalue weighted by Gasteiger charge is -2.16. The number of thiophene rings is 1. The molecule has 0 spiro atoms. The van der Waals surface area contributed by atoms with Gasteiger partial charge in [-0.3, -0.25) is 0 Å². The van der Waals surface area contributed by atoms with Crippen molar-refractivity contribution >= 4 is 96.4 Å². The molecule has 0 bridgehead atoms. The van der Waals surface area contributed by atoms with Gasteiger partial charge in [0.25, 0.3) is 0 Å². The number of fused-ring (bicyclic) bond motifs is 12. The molecule has 0 fully saturated rings. The van der Waals surface area contributed by atoms with Crippen LogP contribution in [0, 0.1) is 0 Å². The van der Waals surface area contributed by atoms with E-state index in [9.17, 15) is 0 Å². The minimum atomic E-state index is 0.614. The van der Waals surface area contributed by atoms with Crippen molar-refractivity contribution in [1.82, 2.24) is 19.5 Å². The van der Waals surface area contributed by atoms with Gasteiger partial charge in [0, 0.05) is 47.6 Å². The summed E-state index contributed by atoms with van der Waals surface area (Å²) in [6.07, 6.45) is 0. The Kier molecular flexibility index (Phi) is 8.12. The van der Waals surface area contributed by atoms with Gasteiger partial charge in [-0.1, -0.05) is 182 Å². The van der Waals surface area contributed by atoms with Crippen LogP contribution in [0.2, 0.25) is 0 Å². The highest BCUT2D eigenvalue weighted by Gasteiger charge is 2.23. The van der Waals surface area contributed by atoms with Crippen LogP contribution < -0.4 is 0 Å². The number of para-hydroxylation sites is 1. The third-order valence-electron chi connectivity index (χ3n) is 13.4. The van der Waals surface area contributed by atoms with E-state index in [4.69, 9.17) is 15.0 Å². The van der Waals surface area contributed by atoms with Gasteiger partial charge < -0.3 is 4.57 Å². The molecule has 66 heavy (non-hydrogen) atoms. The van der Waals surface area contributed by atoms with Crippen LogP contribution in [0.1, 0.15) is 0 Å². The SMILES string of the molecule is c1ccc(-c2ccc(-c3nc(-c4cc5c(cc4-n4c6ccccc6c6cc7ccccc7cc64)sc4c6ccccc6ccc54)nc(-c4cc5ccccc5c5ccccc45)n3)cc2)cc1. The first-order chi connectivity index (χ1) is 32.7. The summed E-state index contributed by atoms with van der Waals surface area (Å²) in [5.74, 6) is 1.86. The maximum atomic E-state index is 5.59. The highest BCUT2D eigenvalue weighted by molar-refractivity contribution is 7.26. The van der Waals surface area contributed by atoms with E-state index < -0.39 is 0 Å². The Morgan fingerprint density at radius 1 is 0.303 bits per heavy atom. The molecular formula is C61H36N4S. The average molecular weight is 857 g/mol. The summed E-state index contributed by atoms with van der Waals surface area (Å²) in [6, 6.07) is 78.7. The van der Waals surface area contributed by atoms with Gasteiger partial charge in [-0.15, -0.1) is 11.3 Å². The highest BCUT2D eigenvalue weighted by atomic mass is 32.1. The normalized spacial score (nSPS) is 11.9. The molecule has 14 rings (SSSR count). The minimum Gasteiger partial charge on any atom is -0.308 e. The van der Waals surface area contributed by atoms with Crippen molar-refractivity contribution in [3.05, 3.63) is 218 Å². The number of aromatic nitrogens is 4. The molecule has 0 N–H and O–H groups in total. The second kappa shape index (κ2) is 14.5. The van der Waals surface area contributed by atoms with Crippen LogP contribution in [0.5, 0.6) is 0 Å². The summed E-state index contributed by atoms with van der Waals surface area (Å²) in [5, 5.41) is 14.3. The third kappa shape index (κ3) is 5.74. The number of hydrogen-bond donors (Lipinski definition) is 0. The van der Waals surface area contributed by atoms with Gasteiger partial charge in [0.15, 0.2) is 17.5 Å². The van der Waals surface area contributed by atoms with Crippen molar-refractivity contribution in [3.8, 4) is 51.0 Å². The second-order valence-electron chi connectivity index (χ2n) is 17.1. The zero-order valence-corrected chi connectivity index (χ0v) is 36.3. The predicted molar refractivity (Wildman–Crippen MR) is 279 cm³/mol. The molecule has 0 aliphatic rings. The summed E-state index contributed by atoms with van der Waals surface area (Å²) >= 11 is 1.86. The first-order valence-electron chi connectivity index (χ1n) is 22.3. The summed E-state index contributed by atoms with van der Waals surface area (Å²) in [4.78, 5) is 16.5. The van der Waals surface area contributed by atoms with Crippen LogP contribution in [0.3, 0.4) is 0 Å². The molecule has 0 radical (unpaired) electrons. The van der Waals surface area contributed by atoms with Crippen molar-refractivity contribution in [1.29, 1.82) is 0 Å². The zero-order chi connectivity index (χ0) is 43.3. The molecule has 3 aromatic heterocycles. The van der Waals surface area contributed by atoms with Gasteiger partial charge in [0.1, 0.15) is 0 Å². The van der Waals surface area contributed by atoms with Gasteiger partial charge >= 0.3 is 0 Å². The fraction of sp³-hybridized carbons (Fsp3) is 0. The lowest BCUT2D eigenvalue weighted by Crippen LogP contribution is -2.04. The monoisotopic (exact) mass is 856 g/mol. The minimum absolute atomic E-state index is 0.614. The maximum absolute atomic E-state index is 5.59. The molecule has 4 nitrogen and oxygen atoms in total. The summed E-state index contributed by atoms with van der Waals surface area (Å²) in [5.41, 5.74) is 8.40. The first-order valence-corrected chi connectivity index (χ1v) is 23.2. The smallest absolute Gasteiger partial charge is 0.166 e. The van der Waals surface area contributed by atoms with Gasteiger partial charge in [0.2, 0.25) is 0 Å². The Balaban J connectivity index is 1.10. The van der Waals surface area contributed by atoms with Crippen LogP contribution >= 0.6 is 11.3 Å². The average Bonchev–Trinajstić information content (AvgIpc) is 3.92. The van der Waals surface area contributed by atoms with E-state index >= 15 is 0 Å². The number of benzene rings is 11. The van der Waals surface area contributed by atoms with Crippen molar-refractivity contribution in [3.63, 3.8) is 0 Å². The van der Waals surface area contributed by atoms with Gasteiger partial charge in [-0.2, -0.15) is 0 Å². The molecule has 0 aliphatic heterocycles. The number of hydrogen-bond acceptors (Lipinski definition) is 4. The molecule has 0 saturated heterocycles. The van der Waals surface area contributed by atoms with Gasteiger partial charge in [-0.25, -0.2) is 15.0 Å². The molecular weight excluding hydrogens is 821 g/mol. The van der Waals surface area contributed by atoms with Crippen LogP contribution in [0.15, 0.2) is 218 Å². The molecule has 0 atom stereocenters. The van der Waals surface area contributed by atoms with Crippen molar-refractivity contribution in [2.24, 2.45) is 0 Å². The molecule has 5 heteroatoms. The van der Waals surface area contributed by atoms with Crippen molar-refractivity contribution in [2.75, 3.05) is 0 Å². The second-order valence-corrected chi connectivity index (χ2v) is 18.2.